The van der Waals surface area contributed by atoms with Crippen molar-refractivity contribution in [3.63, 3.8) is 0 Å². The van der Waals surface area contributed by atoms with Gasteiger partial charge in [0.15, 0.2) is 0 Å². The number of piperidine rings is 1. The van der Waals surface area contributed by atoms with Gasteiger partial charge in [-0.3, -0.25) is 0 Å². The molecule has 0 radical (unpaired) electrons. The van der Waals surface area contributed by atoms with Gasteiger partial charge in [0.1, 0.15) is 6.61 Å². The highest BCUT2D eigenvalue weighted by atomic mass is 16.6. The van der Waals surface area contributed by atoms with Crippen LogP contribution in [0.15, 0.2) is 48.5 Å². The van der Waals surface area contributed by atoms with Gasteiger partial charge in [0.2, 0.25) is 0 Å². The number of carbonyl (C=O) groups is 1. The molecule has 2 aromatic carbocycles. The van der Waals surface area contributed by atoms with E-state index in [0.29, 0.717) is 13.0 Å². The third kappa shape index (κ3) is 3.45. The van der Waals surface area contributed by atoms with Gasteiger partial charge in [0.25, 0.3) is 0 Å². The molecule has 0 aromatic heterocycles. The van der Waals surface area contributed by atoms with Crippen LogP contribution in [0.2, 0.25) is 0 Å². The van der Waals surface area contributed by atoms with Gasteiger partial charge in [0.05, 0.1) is 0 Å². The first-order chi connectivity index (χ1) is 13.3. The lowest BCUT2D eigenvalue weighted by atomic mass is 9.98. The van der Waals surface area contributed by atoms with E-state index in [1.807, 2.05) is 4.90 Å². The molecule has 0 spiro atoms. The molecule has 1 aliphatic carbocycles. The Bertz CT molecular complexity index is 821. The van der Waals surface area contributed by atoms with Gasteiger partial charge in [0, 0.05) is 24.9 Å². The summed E-state index contributed by atoms with van der Waals surface area (Å²) in [4.78, 5) is 14.7. The Morgan fingerprint density at radius 2 is 1.74 bits per heavy atom. The zero-order chi connectivity index (χ0) is 18.6. The molecular formula is C24H25NO2. The Balaban J connectivity index is 1.48. The number of hydrogen-bond acceptors (Lipinski definition) is 2. The predicted octanol–water partition coefficient (Wildman–Crippen LogP) is 5.20. The second-order valence-corrected chi connectivity index (χ2v) is 7.39. The normalized spacial score (nSPS) is 18.5. The van der Waals surface area contributed by atoms with Gasteiger partial charge in [-0.15, -0.1) is 12.3 Å². The lowest BCUT2D eigenvalue weighted by Gasteiger charge is -2.35. The SMILES string of the molecule is C#CCCC1CCCCN1C(=O)OCC1c2ccccc2-c2ccccc21. The smallest absolute Gasteiger partial charge is 0.410 e. The fraction of sp³-hybridized carbons (Fsp3) is 0.375. The maximum atomic E-state index is 12.8. The van der Waals surface area contributed by atoms with Gasteiger partial charge in [-0.1, -0.05) is 48.5 Å². The molecule has 3 heteroatoms. The predicted molar refractivity (Wildman–Crippen MR) is 107 cm³/mol. The quantitative estimate of drug-likeness (QED) is 0.702. The minimum atomic E-state index is -0.196. The van der Waals surface area contributed by atoms with Crippen molar-refractivity contribution in [2.75, 3.05) is 13.2 Å². The van der Waals surface area contributed by atoms with Crippen LogP contribution in [-0.4, -0.2) is 30.2 Å². The number of likely N-dealkylation sites (tertiary alicyclic amines) is 1. The zero-order valence-corrected chi connectivity index (χ0v) is 15.6. The van der Waals surface area contributed by atoms with Gasteiger partial charge in [-0.25, -0.2) is 4.79 Å². The van der Waals surface area contributed by atoms with Crippen LogP contribution < -0.4 is 0 Å². The summed E-state index contributed by atoms with van der Waals surface area (Å²) in [5, 5.41) is 0. The Morgan fingerprint density at radius 3 is 2.41 bits per heavy atom. The van der Waals surface area contributed by atoms with Crippen LogP contribution in [0.5, 0.6) is 0 Å². The second-order valence-electron chi connectivity index (χ2n) is 7.39. The third-order valence-electron chi connectivity index (χ3n) is 5.82. The van der Waals surface area contributed by atoms with Gasteiger partial charge >= 0.3 is 6.09 Å². The molecule has 1 atom stereocenters. The number of carbonyl (C=O) groups excluding carboxylic acids is 1. The molecule has 1 amide bonds. The van der Waals surface area contributed by atoms with Gasteiger partial charge in [-0.05, 0) is 47.9 Å². The van der Waals surface area contributed by atoms with E-state index in [0.717, 1.165) is 32.2 Å². The zero-order valence-electron chi connectivity index (χ0n) is 15.6. The van der Waals surface area contributed by atoms with Crippen molar-refractivity contribution in [3.8, 4) is 23.5 Å². The van der Waals surface area contributed by atoms with Crippen LogP contribution in [0.4, 0.5) is 4.79 Å². The largest absolute Gasteiger partial charge is 0.448 e. The van der Waals surface area contributed by atoms with E-state index in [9.17, 15) is 4.79 Å². The first kappa shape index (κ1) is 17.7. The summed E-state index contributed by atoms with van der Waals surface area (Å²) in [6, 6.07) is 17.0. The Hall–Kier alpha value is -2.73. The van der Waals surface area contributed by atoms with Crippen LogP contribution in [-0.2, 0) is 4.74 Å². The monoisotopic (exact) mass is 359 g/mol. The summed E-state index contributed by atoms with van der Waals surface area (Å²) in [6.07, 6.45) is 10.00. The molecule has 1 unspecified atom stereocenters. The summed E-state index contributed by atoms with van der Waals surface area (Å²) in [5.74, 6) is 2.80. The van der Waals surface area contributed by atoms with Crippen LogP contribution >= 0.6 is 0 Å². The minimum absolute atomic E-state index is 0.107. The number of ether oxygens (including phenoxy) is 1. The van der Waals surface area contributed by atoms with Crippen molar-refractivity contribution < 1.29 is 9.53 Å². The Labute approximate surface area is 161 Å². The molecular weight excluding hydrogens is 334 g/mol. The number of terminal acetylenes is 1. The van der Waals surface area contributed by atoms with Crippen molar-refractivity contribution in [2.45, 2.75) is 44.1 Å². The summed E-state index contributed by atoms with van der Waals surface area (Å²) >= 11 is 0. The summed E-state index contributed by atoms with van der Waals surface area (Å²) in [5.41, 5.74) is 4.99. The van der Waals surface area contributed by atoms with Crippen molar-refractivity contribution in [1.29, 1.82) is 0 Å². The molecule has 2 aliphatic rings. The lowest BCUT2D eigenvalue weighted by molar-refractivity contribution is 0.0695. The summed E-state index contributed by atoms with van der Waals surface area (Å²) < 4.78 is 5.82. The first-order valence-electron chi connectivity index (χ1n) is 9.84. The van der Waals surface area contributed by atoms with E-state index in [-0.39, 0.29) is 18.1 Å². The molecule has 0 bridgehead atoms. The molecule has 3 nitrogen and oxygen atoms in total. The molecule has 2 aromatic rings. The van der Waals surface area contributed by atoms with E-state index in [2.05, 4.69) is 54.5 Å². The highest BCUT2D eigenvalue weighted by Crippen LogP contribution is 2.44. The standard InChI is InChI=1S/C24H25NO2/c1-2-3-10-18-11-8-9-16-25(18)24(26)27-17-23-21-14-6-4-12-19(21)20-13-5-7-15-22(20)23/h1,4-7,12-15,18,23H,3,8-11,16-17H2. The molecule has 0 N–H and O–H groups in total. The fourth-order valence-electron chi connectivity index (χ4n) is 4.47. The van der Waals surface area contributed by atoms with Crippen molar-refractivity contribution >= 4 is 6.09 Å². The molecule has 0 saturated carbocycles. The molecule has 1 aliphatic heterocycles. The van der Waals surface area contributed by atoms with E-state index in [1.165, 1.54) is 22.3 Å². The number of fused-ring (bicyclic) bond motifs is 3. The van der Waals surface area contributed by atoms with Crippen molar-refractivity contribution in [1.82, 2.24) is 4.90 Å². The highest BCUT2D eigenvalue weighted by molar-refractivity contribution is 5.79. The number of rotatable bonds is 4. The van der Waals surface area contributed by atoms with E-state index in [4.69, 9.17) is 11.2 Å². The Morgan fingerprint density at radius 1 is 1.07 bits per heavy atom. The minimum Gasteiger partial charge on any atom is -0.448 e. The Kier molecular flexibility index (Phi) is 5.16. The van der Waals surface area contributed by atoms with Crippen LogP contribution in [0.1, 0.15) is 49.1 Å². The van der Waals surface area contributed by atoms with Gasteiger partial charge < -0.3 is 9.64 Å². The molecule has 1 saturated heterocycles. The topological polar surface area (TPSA) is 29.5 Å². The van der Waals surface area contributed by atoms with E-state index in [1.54, 1.807) is 0 Å². The number of hydrogen-bond donors (Lipinski definition) is 0. The van der Waals surface area contributed by atoms with Crippen LogP contribution in [0, 0.1) is 12.3 Å². The maximum absolute atomic E-state index is 12.8. The second kappa shape index (κ2) is 7.88. The van der Waals surface area contributed by atoms with E-state index >= 15 is 0 Å². The number of benzene rings is 2. The average molecular weight is 359 g/mol. The fourth-order valence-corrected chi connectivity index (χ4v) is 4.47. The average Bonchev–Trinajstić information content (AvgIpc) is 3.04. The highest BCUT2D eigenvalue weighted by Gasteiger charge is 2.31. The van der Waals surface area contributed by atoms with Crippen molar-refractivity contribution in [3.05, 3.63) is 59.7 Å². The molecule has 138 valence electrons. The molecule has 1 heterocycles. The lowest BCUT2D eigenvalue weighted by Crippen LogP contribution is -2.44. The van der Waals surface area contributed by atoms with Gasteiger partial charge in [-0.2, -0.15) is 0 Å². The summed E-state index contributed by atoms with van der Waals surface area (Å²) in [7, 11) is 0. The number of nitrogens with zero attached hydrogens (tertiary/aromatic N) is 1. The van der Waals surface area contributed by atoms with Crippen LogP contribution in [0.25, 0.3) is 11.1 Å². The molecule has 1 fully saturated rings. The number of amides is 1. The molecule has 27 heavy (non-hydrogen) atoms. The van der Waals surface area contributed by atoms with Crippen LogP contribution in [0.3, 0.4) is 0 Å². The molecule has 4 rings (SSSR count). The maximum Gasteiger partial charge on any atom is 0.410 e. The van der Waals surface area contributed by atoms with E-state index < -0.39 is 0 Å². The van der Waals surface area contributed by atoms with Crippen molar-refractivity contribution in [2.24, 2.45) is 0 Å². The third-order valence-corrected chi connectivity index (χ3v) is 5.82. The summed E-state index contributed by atoms with van der Waals surface area (Å²) in [6.45, 7) is 1.15. The first-order valence-corrected chi connectivity index (χ1v) is 9.84.